The predicted octanol–water partition coefficient (Wildman–Crippen LogP) is 3.92. The summed E-state index contributed by atoms with van der Waals surface area (Å²) >= 11 is 5.99. The Morgan fingerprint density at radius 1 is 1.28 bits per heavy atom. The summed E-state index contributed by atoms with van der Waals surface area (Å²) in [6.07, 6.45) is 0.650. The van der Waals surface area contributed by atoms with Crippen LogP contribution < -0.4 is 0 Å². The minimum absolute atomic E-state index is 0.245. The molecule has 0 atom stereocenters. The fourth-order valence-electron chi connectivity index (χ4n) is 2.85. The van der Waals surface area contributed by atoms with Crippen LogP contribution in [0.1, 0.15) is 33.1 Å². The second kappa shape index (κ2) is 7.22. The molecule has 0 spiro atoms. The van der Waals surface area contributed by atoms with E-state index < -0.39 is 5.60 Å². The molecule has 0 saturated carbocycles. The Hall–Kier alpha value is -1.79. The Bertz CT molecular complexity index is 754. The van der Waals surface area contributed by atoms with Crippen LogP contribution in [0.2, 0.25) is 5.02 Å². The number of hydrogen-bond acceptors (Lipinski definition) is 5. The average molecular weight is 366 g/mol. The number of hydrogen-bond donors (Lipinski definition) is 0. The van der Waals surface area contributed by atoms with Gasteiger partial charge >= 0.3 is 6.09 Å². The summed E-state index contributed by atoms with van der Waals surface area (Å²) in [6, 6.07) is 5.43. The number of aromatic nitrogens is 1. The number of carbonyl (C=O) groups excluding carboxylic acids is 1. The molecule has 1 aromatic carbocycles. The lowest BCUT2D eigenvalue weighted by atomic mass is 10.2. The first-order valence-corrected chi connectivity index (χ1v) is 8.93. The van der Waals surface area contributed by atoms with Crippen molar-refractivity contribution in [2.75, 3.05) is 26.2 Å². The maximum absolute atomic E-state index is 12.2. The minimum atomic E-state index is -0.470. The lowest BCUT2D eigenvalue weighted by Gasteiger charge is -2.26. The molecule has 2 heterocycles. The third-order valence-corrected chi connectivity index (χ3v) is 4.23. The number of carbonyl (C=O) groups is 1. The number of benzene rings is 1. The molecule has 1 aliphatic heterocycles. The first-order valence-electron chi connectivity index (χ1n) is 8.55. The number of ether oxygens (including phenoxy) is 1. The number of amides is 1. The standard InChI is InChI=1S/C18H24ClN3O3/c1-18(2,3)25-17(23)22-8-4-7-21(9-10-22)12-16-20-14-11-13(19)5-6-15(14)24-16/h5-6,11H,4,7-10,12H2,1-3H3. The van der Waals surface area contributed by atoms with Crippen LogP contribution in [0.25, 0.3) is 11.1 Å². The lowest BCUT2D eigenvalue weighted by molar-refractivity contribution is 0.0257. The topological polar surface area (TPSA) is 58.8 Å². The van der Waals surface area contributed by atoms with Crippen LogP contribution in [0.4, 0.5) is 4.79 Å². The number of halogens is 1. The van der Waals surface area contributed by atoms with E-state index in [0.29, 0.717) is 30.5 Å². The van der Waals surface area contributed by atoms with Crippen molar-refractivity contribution < 1.29 is 13.9 Å². The van der Waals surface area contributed by atoms with Gasteiger partial charge in [0.05, 0.1) is 6.54 Å². The zero-order chi connectivity index (χ0) is 18.0. The minimum Gasteiger partial charge on any atom is -0.444 e. The van der Waals surface area contributed by atoms with E-state index >= 15 is 0 Å². The zero-order valence-corrected chi connectivity index (χ0v) is 15.7. The van der Waals surface area contributed by atoms with Gasteiger partial charge in [-0.3, -0.25) is 4.90 Å². The van der Waals surface area contributed by atoms with Gasteiger partial charge in [-0.2, -0.15) is 0 Å². The highest BCUT2D eigenvalue weighted by Crippen LogP contribution is 2.21. The molecule has 0 aliphatic carbocycles. The normalized spacial score (nSPS) is 16.9. The second-order valence-electron chi connectivity index (χ2n) is 7.32. The number of rotatable bonds is 2. The Kier molecular flexibility index (Phi) is 5.20. The summed E-state index contributed by atoms with van der Waals surface area (Å²) in [5.41, 5.74) is 1.04. The Morgan fingerprint density at radius 3 is 2.84 bits per heavy atom. The molecule has 1 aliphatic rings. The van der Waals surface area contributed by atoms with Crippen molar-refractivity contribution in [3.63, 3.8) is 0 Å². The fourth-order valence-corrected chi connectivity index (χ4v) is 3.01. The average Bonchev–Trinajstić information content (AvgIpc) is 2.73. The molecule has 1 aromatic heterocycles. The Balaban J connectivity index is 1.60. The first kappa shape index (κ1) is 18.0. The summed E-state index contributed by atoms with van der Waals surface area (Å²) in [5, 5.41) is 0.648. The van der Waals surface area contributed by atoms with Gasteiger partial charge in [0.25, 0.3) is 0 Å². The molecule has 7 heteroatoms. The summed E-state index contributed by atoms with van der Waals surface area (Å²) in [5.74, 6) is 0.669. The molecular weight excluding hydrogens is 342 g/mol. The van der Waals surface area contributed by atoms with Crippen molar-refractivity contribution in [2.24, 2.45) is 0 Å². The third-order valence-electron chi connectivity index (χ3n) is 3.99. The molecule has 2 aromatic rings. The zero-order valence-electron chi connectivity index (χ0n) is 14.9. The largest absolute Gasteiger partial charge is 0.444 e. The molecule has 1 fully saturated rings. The summed E-state index contributed by atoms with van der Waals surface area (Å²) < 4.78 is 11.3. The van der Waals surface area contributed by atoms with Crippen molar-refractivity contribution in [3.05, 3.63) is 29.1 Å². The number of nitrogens with zero attached hydrogens (tertiary/aromatic N) is 3. The van der Waals surface area contributed by atoms with Crippen LogP contribution in [0.5, 0.6) is 0 Å². The van der Waals surface area contributed by atoms with Crippen LogP contribution >= 0.6 is 11.6 Å². The molecular formula is C18H24ClN3O3. The highest BCUT2D eigenvalue weighted by atomic mass is 35.5. The maximum atomic E-state index is 12.2. The van der Waals surface area contributed by atoms with E-state index in [1.165, 1.54) is 0 Å². The van der Waals surface area contributed by atoms with E-state index in [4.69, 9.17) is 20.8 Å². The van der Waals surface area contributed by atoms with Crippen LogP contribution in [0, 0.1) is 0 Å². The van der Waals surface area contributed by atoms with Crippen LogP contribution in [0.3, 0.4) is 0 Å². The van der Waals surface area contributed by atoms with E-state index in [-0.39, 0.29) is 6.09 Å². The fraction of sp³-hybridized carbons (Fsp3) is 0.556. The Labute approximate surface area is 152 Å². The van der Waals surface area contributed by atoms with Gasteiger partial charge < -0.3 is 14.1 Å². The molecule has 136 valence electrons. The van der Waals surface area contributed by atoms with Gasteiger partial charge in [-0.15, -0.1) is 0 Å². The van der Waals surface area contributed by atoms with Gasteiger partial charge in [0.15, 0.2) is 5.58 Å². The monoisotopic (exact) mass is 365 g/mol. The van der Waals surface area contributed by atoms with Gasteiger partial charge in [0.2, 0.25) is 5.89 Å². The van der Waals surface area contributed by atoms with E-state index in [0.717, 1.165) is 30.6 Å². The molecule has 3 rings (SSSR count). The van der Waals surface area contributed by atoms with Crippen molar-refractivity contribution in [2.45, 2.75) is 39.3 Å². The maximum Gasteiger partial charge on any atom is 0.410 e. The lowest BCUT2D eigenvalue weighted by Crippen LogP contribution is -2.39. The molecule has 1 amide bonds. The molecule has 0 bridgehead atoms. The van der Waals surface area contributed by atoms with Crippen molar-refractivity contribution in [3.8, 4) is 0 Å². The van der Waals surface area contributed by atoms with Gasteiger partial charge in [0.1, 0.15) is 11.1 Å². The molecule has 0 unspecified atom stereocenters. The smallest absolute Gasteiger partial charge is 0.410 e. The van der Waals surface area contributed by atoms with Gasteiger partial charge in [0, 0.05) is 31.2 Å². The van der Waals surface area contributed by atoms with E-state index in [1.54, 1.807) is 17.0 Å². The van der Waals surface area contributed by atoms with Gasteiger partial charge in [-0.25, -0.2) is 9.78 Å². The van der Waals surface area contributed by atoms with Crippen molar-refractivity contribution in [1.29, 1.82) is 0 Å². The van der Waals surface area contributed by atoms with E-state index in [9.17, 15) is 4.79 Å². The van der Waals surface area contributed by atoms with E-state index in [2.05, 4.69) is 9.88 Å². The molecule has 0 N–H and O–H groups in total. The highest BCUT2D eigenvalue weighted by Gasteiger charge is 2.25. The second-order valence-corrected chi connectivity index (χ2v) is 7.75. The number of oxazole rings is 1. The van der Waals surface area contributed by atoms with Crippen LogP contribution in [-0.2, 0) is 11.3 Å². The van der Waals surface area contributed by atoms with E-state index in [1.807, 2.05) is 26.8 Å². The van der Waals surface area contributed by atoms with Crippen LogP contribution in [0.15, 0.2) is 22.6 Å². The van der Waals surface area contributed by atoms with Gasteiger partial charge in [-0.05, 0) is 45.4 Å². The SMILES string of the molecule is CC(C)(C)OC(=O)N1CCCN(Cc2nc3cc(Cl)ccc3o2)CC1. The number of fused-ring (bicyclic) bond motifs is 1. The summed E-state index contributed by atoms with van der Waals surface area (Å²) in [6.45, 7) is 9.26. The highest BCUT2D eigenvalue weighted by molar-refractivity contribution is 6.31. The summed E-state index contributed by atoms with van der Waals surface area (Å²) in [7, 11) is 0. The van der Waals surface area contributed by atoms with Crippen molar-refractivity contribution in [1.82, 2.24) is 14.8 Å². The van der Waals surface area contributed by atoms with Gasteiger partial charge in [-0.1, -0.05) is 11.6 Å². The quantitative estimate of drug-likeness (QED) is 0.807. The molecule has 25 heavy (non-hydrogen) atoms. The van der Waals surface area contributed by atoms with Crippen molar-refractivity contribution >= 4 is 28.8 Å². The molecule has 0 radical (unpaired) electrons. The third kappa shape index (κ3) is 4.86. The first-order chi connectivity index (χ1) is 11.8. The molecule has 1 saturated heterocycles. The molecule has 6 nitrogen and oxygen atoms in total. The Morgan fingerprint density at radius 2 is 2.08 bits per heavy atom. The predicted molar refractivity (Wildman–Crippen MR) is 96.7 cm³/mol. The summed E-state index contributed by atoms with van der Waals surface area (Å²) in [4.78, 5) is 20.7. The van der Waals surface area contributed by atoms with Crippen LogP contribution in [-0.4, -0.2) is 52.7 Å².